The van der Waals surface area contributed by atoms with E-state index in [0.717, 1.165) is 61.3 Å². The second-order valence-corrected chi connectivity index (χ2v) is 10.8. The Morgan fingerprint density at radius 3 is 2.39 bits per heavy atom. The standard InChI is InChI=1S/C31H40FN7O2/c1-4-18-37(19-5-2)31(41)39-28(40)14-17-33-29(39)35(3)25-15-20-36(21-16-25)30-34-26-8-6-7-9-27(26)38(30)22-23-10-12-24(32)13-11-23/h6-14,17,25,31,41H,4-5,15-16,18-22H2,1-3H3. The summed E-state index contributed by atoms with van der Waals surface area (Å²) in [6.07, 6.45) is 3.88. The van der Waals surface area contributed by atoms with E-state index in [4.69, 9.17) is 4.98 Å². The number of hydrogen-bond acceptors (Lipinski definition) is 7. The van der Waals surface area contributed by atoms with E-state index in [1.165, 1.54) is 29.0 Å². The summed E-state index contributed by atoms with van der Waals surface area (Å²) in [6.45, 7) is 7.67. The molecule has 0 radical (unpaired) electrons. The first-order chi connectivity index (χ1) is 19.9. The zero-order valence-corrected chi connectivity index (χ0v) is 24.2. The average molecular weight is 562 g/mol. The normalized spacial score (nSPS) is 15.1. The van der Waals surface area contributed by atoms with Crippen molar-refractivity contribution in [1.82, 2.24) is 24.0 Å². The summed E-state index contributed by atoms with van der Waals surface area (Å²) in [5, 5.41) is 11.3. The molecule has 1 unspecified atom stereocenters. The maximum Gasteiger partial charge on any atom is 0.258 e. The van der Waals surface area contributed by atoms with Gasteiger partial charge in [-0.15, -0.1) is 0 Å². The third kappa shape index (κ3) is 6.13. The Morgan fingerprint density at radius 1 is 1.02 bits per heavy atom. The van der Waals surface area contributed by atoms with Gasteiger partial charge in [-0.2, -0.15) is 0 Å². The van der Waals surface area contributed by atoms with Gasteiger partial charge in [0, 0.05) is 51.5 Å². The fraction of sp³-hybridized carbons (Fsp3) is 0.452. The van der Waals surface area contributed by atoms with Gasteiger partial charge in [-0.3, -0.25) is 9.69 Å². The maximum absolute atomic E-state index is 13.5. The van der Waals surface area contributed by atoms with E-state index in [0.29, 0.717) is 25.6 Å². The van der Waals surface area contributed by atoms with Crippen molar-refractivity contribution < 1.29 is 9.50 Å². The van der Waals surface area contributed by atoms with Gasteiger partial charge in [0.15, 0.2) is 6.35 Å². The first kappa shape index (κ1) is 28.8. The molecule has 4 aromatic rings. The van der Waals surface area contributed by atoms with E-state index in [1.807, 2.05) is 47.2 Å². The van der Waals surface area contributed by atoms with E-state index >= 15 is 0 Å². The van der Waals surface area contributed by atoms with Crippen LogP contribution in [-0.4, -0.2) is 68.4 Å². The van der Waals surface area contributed by atoms with Crippen LogP contribution in [0.15, 0.2) is 65.6 Å². The first-order valence-electron chi connectivity index (χ1n) is 14.6. The SMILES string of the molecule is CCCN(CCC)C(O)n1c(N(C)C2CCN(c3nc4ccccc4n3Cc3ccc(F)cc3)CC2)nccc1=O. The lowest BCUT2D eigenvalue weighted by Gasteiger charge is -2.39. The van der Waals surface area contributed by atoms with Crippen molar-refractivity contribution in [3.05, 3.63) is 82.5 Å². The molecule has 1 atom stereocenters. The van der Waals surface area contributed by atoms with Crippen LogP contribution in [0.5, 0.6) is 0 Å². The molecule has 41 heavy (non-hydrogen) atoms. The highest BCUT2D eigenvalue weighted by Crippen LogP contribution is 2.29. The maximum atomic E-state index is 13.5. The molecule has 10 heteroatoms. The van der Waals surface area contributed by atoms with Gasteiger partial charge in [-0.25, -0.2) is 18.9 Å². The number of hydrogen-bond donors (Lipinski definition) is 1. The lowest BCUT2D eigenvalue weighted by atomic mass is 10.0. The zero-order chi connectivity index (χ0) is 28.9. The van der Waals surface area contributed by atoms with E-state index in [-0.39, 0.29) is 17.4 Å². The molecule has 0 aliphatic carbocycles. The number of aliphatic hydroxyl groups excluding tert-OH is 1. The molecule has 0 spiro atoms. The summed E-state index contributed by atoms with van der Waals surface area (Å²) in [5.41, 5.74) is 2.72. The molecule has 0 bridgehead atoms. The molecule has 9 nitrogen and oxygen atoms in total. The number of rotatable bonds is 11. The minimum atomic E-state index is -1.07. The van der Waals surface area contributed by atoms with Crippen molar-refractivity contribution in [3.8, 4) is 0 Å². The van der Waals surface area contributed by atoms with Gasteiger partial charge in [0.25, 0.3) is 5.56 Å². The van der Waals surface area contributed by atoms with Gasteiger partial charge < -0.3 is 19.5 Å². The summed E-state index contributed by atoms with van der Waals surface area (Å²) in [7, 11) is 1.96. The molecule has 1 saturated heterocycles. The fourth-order valence-electron chi connectivity index (χ4n) is 5.82. The minimum Gasteiger partial charge on any atom is -0.360 e. The van der Waals surface area contributed by atoms with E-state index in [1.54, 1.807) is 0 Å². The number of aliphatic hydroxyl groups is 1. The lowest BCUT2D eigenvalue weighted by Crippen LogP contribution is -2.47. The summed E-state index contributed by atoms with van der Waals surface area (Å²) in [4.78, 5) is 28.8. The van der Waals surface area contributed by atoms with Gasteiger partial charge in [0.05, 0.1) is 17.6 Å². The molecule has 2 aromatic heterocycles. The Bertz CT molecular complexity index is 1490. The van der Waals surface area contributed by atoms with Gasteiger partial charge in [0.1, 0.15) is 5.82 Å². The van der Waals surface area contributed by atoms with E-state index in [2.05, 4.69) is 34.4 Å². The number of halogens is 1. The van der Waals surface area contributed by atoms with Crippen LogP contribution in [0.4, 0.5) is 16.3 Å². The first-order valence-corrected chi connectivity index (χ1v) is 14.6. The van der Waals surface area contributed by atoms with E-state index in [9.17, 15) is 14.3 Å². The molecule has 0 saturated carbocycles. The molecule has 0 amide bonds. The van der Waals surface area contributed by atoms with Crippen LogP contribution in [0, 0.1) is 5.82 Å². The van der Waals surface area contributed by atoms with Crippen molar-refractivity contribution in [2.75, 3.05) is 43.0 Å². The molecule has 5 rings (SSSR count). The number of fused-ring (bicyclic) bond motifs is 1. The molecule has 2 aromatic carbocycles. The molecule has 1 fully saturated rings. The van der Waals surface area contributed by atoms with Crippen LogP contribution in [0.25, 0.3) is 11.0 Å². The van der Waals surface area contributed by atoms with Gasteiger partial charge >= 0.3 is 0 Å². The molecule has 1 aliphatic rings. The van der Waals surface area contributed by atoms with E-state index < -0.39 is 6.35 Å². The van der Waals surface area contributed by atoms with Crippen LogP contribution < -0.4 is 15.4 Å². The summed E-state index contributed by atoms with van der Waals surface area (Å²) >= 11 is 0. The second-order valence-electron chi connectivity index (χ2n) is 10.8. The lowest BCUT2D eigenvalue weighted by molar-refractivity contribution is -0.0568. The molecule has 3 heterocycles. The smallest absolute Gasteiger partial charge is 0.258 e. The van der Waals surface area contributed by atoms with Crippen molar-refractivity contribution in [3.63, 3.8) is 0 Å². The van der Waals surface area contributed by atoms with Crippen LogP contribution in [0.1, 0.15) is 51.4 Å². The zero-order valence-electron chi connectivity index (χ0n) is 24.2. The van der Waals surface area contributed by atoms with Crippen molar-refractivity contribution >= 4 is 22.9 Å². The number of piperidine rings is 1. The predicted molar refractivity (Wildman–Crippen MR) is 161 cm³/mol. The Balaban J connectivity index is 1.36. The highest BCUT2D eigenvalue weighted by molar-refractivity contribution is 5.79. The Labute approximate surface area is 240 Å². The highest BCUT2D eigenvalue weighted by Gasteiger charge is 2.30. The van der Waals surface area contributed by atoms with Gasteiger partial charge in [-0.05, 0) is 55.5 Å². The number of imidazole rings is 1. The molecular weight excluding hydrogens is 521 g/mol. The number of para-hydroxylation sites is 2. The van der Waals surface area contributed by atoms with Gasteiger partial charge in [-0.1, -0.05) is 38.1 Å². The summed E-state index contributed by atoms with van der Waals surface area (Å²) in [6, 6.07) is 16.3. The monoisotopic (exact) mass is 561 g/mol. The molecule has 1 N–H and O–H groups in total. The number of nitrogens with zero attached hydrogens (tertiary/aromatic N) is 7. The predicted octanol–water partition coefficient (Wildman–Crippen LogP) is 4.46. The van der Waals surface area contributed by atoms with Crippen molar-refractivity contribution in [1.29, 1.82) is 0 Å². The Hall–Kier alpha value is -3.76. The van der Waals surface area contributed by atoms with Crippen LogP contribution in [0.3, 0.4) is 0 Å². The minimum absolute atomic E-state index is 0.139. The molecule has 1 aliphatic heterocycles. The largest absolute Gasteiger partial charge is 0.360 e. The third-order valence-electron chi connectivity index (χ3n) is 7.94. The second kappa shape index (κ2) is 12.8. The topological polar surface area (TPSA) is 82.7 Å². The highest BCUT2D eigenvalue weighted by atomic mass is 19.1. The third-order valence-corrected chi connectivity index (χ3v) is 7.94. The summed E-state index contributed by atoms with van der Waals surface area (Å²) in [5.74, 6) is 1.13. The van der Waals surface area contributed by atoms with Crippen LogP contribution >= 0.6 is 0 Å². The fourth-order valence-corrected chi connectivity index (χ4v) is 5.82. The average Bonchev–Trinajstić information content (AvgIpc) is 3.35. The molecule has 218 valence electrons. The quantitative estimate of drug-likeness (QED) is 0.271. The van der Waals surface area contributed by atoms with Crippen LogP contribution in [0.2, 0.25) is 0 Å². The number of aromatic nitrogens is 4. The Kier molecular flexibility index (Phi) is 8.99. The summed E-state index contributed by atoms with van der Waals surface area (Å²) < 4.78 is 17.2. The number of anilines is 2. The number of benzene rings is 2. The Morgan fingerprint density at radius 2 is 1.71 bits per heavy atom. The van der Waals surface area contributed by atoms with Crippen LogP contribution in [-0.2, 0) is 6.54 Å². The van der Waals surface area contributed by atoms with Crippen molar-refractivity contribution in [2.45, 2.75) is 58.5 Å². The van der Waals surface area contributed by atoms with Crippen molar-refractivity contribution in [2.24, 2.45) is 0 Å². The molecular formula is C31H40FN7O2. The van der Waals surface area contributed by atoms with Gasteiger partial charge in [0.2, 0.25) is 11.9 Å².